The number of rotatable bonds is 3. The number of nitrogens with zero attached hydrogens (tertiary/aromatic N) is 2. The van der Waals surface area contributed by atoms with Crippen LogP contribution < -0.4 is 10.5 Å². The molecule has 0 bridgehead atoms. The van der Waals surface area contributed by atoms with Crippen LogP contribution in [0.4, 0.5) is 4.39 Å². The molecule has 16 heavy (non-hydrogen) atoms. The van der Waals surface area contributed by atoms with E-state index < -0.39 is 6.04 Å². The van der Waals surface area contributed by atoms with E-state index in [0.717, 1.165) is 16.4 Å². The van der Waals surface area contributed by atoms with Gasteiger partial charge in [0.2, 0.25) is 0 Å². The number of nitrogens with two attached hydrogens (primary N) is 1. The van der Waals surface area contributed by atoms with Gasteiger partial charge < -0.3 is 10.5 Å². The van der Waals surface area contributed by atoms with Gasteiger partial charge in [0.05, 0.1) is 24.2 Å². The zero-order valence-electron chi connectivity index (χ0n) is 8.55. The fourth-order valence-corrected chi connectivity index (χ4v) is 1.88. The SMILES string of the molecule is COc1ccc(C(N)c2cnns2)c(F)c1. The first-order valence-electron chi connectivity index (χ1n) is 4.58. The van der Waals surface area contributed by atoms with E-state index in [2.05, 4.69) is 9.59 Å². The van der Waals surface area contributed by atoms with Crippen LogP contribution in [0.1, 0.15) is 16.5 Å². The lowest BCUT2D eigenvalue weighted by Crippen LogP contribution is -2.12. The molecule has 4 nitrogen and oxygen atoms in total. The van der Waals surface area contributed by atoms with Gasteiger partial charge in [0.25, 0.3) is 0 Å². The second-order valence-electron chi connectivity index (χ2n) is 3.18. The van der Waals surface area contributed by atoms with E-state index in [1.54, 1.807) is 18.3 Å². The standard InChI is InChI=1S/C10H10FN3OS/c1-15-6-2-3-7(8(11)4-6)10(12)9-5-13-14-16-9/h2-5,10H,12H2,1H3. The summed E-state index contributed by atoms with van der Waals surface area (Å²) in [6.45, 7) is 0. The van der Waals surface area contributed by atoms with Crippen LogP contribution in [0.25, 0.3) is 0 Å². The van der Waals surface area contributed by atoms with Crippen LogP contribution >= 0.6 is 11.5 Å². The number of halogens is 1. The molecule has 0 saturated carbocycles. The third-order valence-corrected chi connectivity index (χ3v) is 2.97. The fraction of sp³-hybridized carbons (Fsp3) is 0.200. The lowest BCUT2D eigenvalue weighted by molar-refractivity contribution is 0.410. The van der Waals surface area contributed by atoms with Crippen molar-refractivity contribution < 1.29 is 9.13 Å². The topological polar surface area (TPSA) is 61.0 Å². The summed E-state index contributed by atoms with van der Waals surface area (Å²) in [7, 11) is 1.49. The van der Waals surface area contributed by atoms with Gasteiger partial charge in [-0.2, -0.15) is 0 Å². The summed E-state index contributed by atoms with van der Waals surface area (Å²) in [6, 6.07) is 4.06. The van der Waals surface area contributed by atoms with Crippen molar-refractivity contribution in [2.75, 3.05) is 7.11 Å². The molecule has 0 aliphatic carbocycles. The summed E-state index contributed by atoms with van der Waals surface area (Å²) in [4.78, 5) is 0.726. The van der Waals surface area contributed by atoms with Gasteiger partial charge in [0.15, 0.2) is 0 Å². The average Bonchev–Trinajstić information content (AvgIpc) is 2.81. The number of benzene rings is 1. The summed E-state index contributed by atoms with van der Waals surface area (Å²) in [5.74, 6) is 0.0797. The third kappa shape index (κ3) is 2.02. The Morgan fingerprint density at radius 2 is 2.31 bits per heavy atom. The van der Waals surface area contributed by atoms with Crippen molar-refractivity contribution in [2.24, 2.45) is 5.73 Å². The zero-order chi connectivity index (χ0) is 11.5. The molecule has 1 atom stereocenters. The number of hydrogen-bond donors (Lipinski definition) is 1. The van der Waals surface area contributed by atoms with Crippen LogP contribution in [0.2, 0.25) is 0 Å². The van der Waals surface area contributed by atoms with Gasteiger partial charge in [-0.25, -0.2) is 4.39 Å². The molecule has 0 aliphatic heterocycles. The van der Waals surface area contributed by atoms with Gasteiger partial charge in [0.1, 0.15) is 11.6 Å². The first kappa shape index (κ1) is 11.0. The highest BCUT2D eigenvalue weighted by atomic mass is 32.1. The Morgan fingerprint density at radius 1 is 1.50 bits per heavy atom. The molecule has 0 saturated heterocycles. The maximum Gasteiger partial charge on any atom is 0.132 e. The molecule has 1 aromatic carbocycles. The Balaban J connectivity index is 2.34. The first-order valence-corrected chi connectivity index (χ1v) is 5.36. The summed E-state index contributed by atoms with van der Waals surface area (Å²) in [5.41, 5.74) is 6.31. The molecule has 0 spiro atoms. The molecule has 0 fully saturated rings. The van der Waals surface area contributed by atoms with Crippen LogP contribution in [-0.4, -0.2) is 16.7 Å². The number of aromatic nitrogens is 2. The van der Waals surface area contributed by atoms with E-state index in [0.29, 0.717) is 11.3 Å². The smallest absolute Gasteiger partial charge is 0.132 e. The Bertz CT molecular complexity index is 475. The van der Waals surface area contributed by atoms with Crippen molar-refractivity contribution in [1.29, 1.82) is 0 Å². The van der Waals surface area contributed by atoms with Gasteiger partial charge in [-0.1, -0.05) is 10.6 Å². The molecule has 2 aromatic rings. The number of ether oxygens (including phenoxy) is 1. The minimum absolute atomic E-state index is 0.389. The second-order valence-corrected chi connectivity index (χ2v) is 4.00. The predicted molar refractivity (Wildman–Crippen MR) is 58.9 cm³/mol. The Morgan fingerprint density at radius 3 is 2.88 bits per heavy atom. The monoisotopic (exact) mass is 239 g/mol. The van der Waals surface area contributed by atoms with Crippen LogP contribution in [0.5, 0.6) is 5.75 Å². The van der Waals surface area contributed by atoms with Gasteiger partial charge >= 0.3 is 0 Å². The maximum absolute atomic E-state index is 13.7. The van der Waals surface area contributed by atoms with E-state index in [9.17, 15) is 4.39 Å². The van der Waals surface area contributed by atoms with Crippen molar-refractivity contribution in [2.45, 2.75) is 6.04 Å². The van der Waals surface area contributed by atoms with E-state index >= 15 is 0 Å². The van der Waals surface area contributed by atoms with Crippen LogP contribution in [0, 0.1) is 5.82 Å². The summed E-state index contributed by atoms with van der Waals surface area (Å²) in [5, 5.41) is 3.67. The largest absolute Gasteiger partial charge is 0.497 e. The zero-order valence-corrected chi connectivity index (χ0v) is 9.37. The minimum Gasteiger partial charge on any atom is -0.497 e. The van der Waals surface area contributed by atoms with Gasteiger partial charge in [0, 0.05) is 11.6 Å². The van der Waals surface area contributed by atoms with Crippen LogP contribution in [-0.2, 0) is 0 Å². The molecular formula is C10H10FN3OS. The minimum atomic E-state index is -0.536. The lowest BCUT2D eigenvalue weighted by atomic mass is 10.1. The molecule has 1 heterocycles. The molecule has 0 radical (unpaired) electrons. The molecule has 0 aliphatic rings. The normalized spacial score (nSPS) is 12.4. The van der Waals surface area contributed by atoms with Crippen molar-refractivity contribution in [1.82, 2.24) is 9.59 Å². The molecule has 0 amide bonds. The van der Waals surface area contributed by atoms with Crippen molar-refractivity contribution in [3.05, 3.63) is 40.7 Å². The van der Waals surface area contributed by atoms with Crippen LogP contribution in [0.3, 0.4) is 0 Å². The molecule has 84 valence electrons. The molecule has 2 rings (SSSR count). The summed E-state index contributed by atoms with van der Waals surface area (Å²) >= 11 is 1.16. The number of hydrogen-bond acceptors (Lipinski definition) is 5. The Labute approximate surface area is 96.0 Å². The average molecular weight is 239 g/mol. The predicted octanol–water partition coefficient (Wildman–Crippen LogP) is 1.73. The van der Waals surface area contributed by atoms with Crippen molar-refractivity contribution in [3.8, 4) is 5.75 Å². The number of methoxy groups -OCH3 is 1. The summed E-state index contributed by atoms with van der Waals surface area (Å²) in [6.07, 6.45) is 1.54. The maximum atomic E-state index is 13.7. The Kier molecular flexibility index (Phi) is 3.12. The summed E-state index contributed by atoms with van der Waals surface area (Å²) < 4.78 is 22.3. The molecular weight excluding hydrogens is 229 g/mol. The fourth-order valence-electron chi connectivity index (χ4n) is 1.35. The third-order valence-electron chi connectivity index (χ3n) is 2.23. The van der Waals surface area contributed by atoms with Gasteiger partial charge in [-0.05, 0) is 17.6 Å². The highest BCUT2D eigenvalue weighted by molar-refractivity contribution is 7.05. The first-order chi connectivity index (χ1) is 7.72. The second kappa shape index (κ2) is 4.54. The molecule has 1 aromatic heterocycles. The van der Waals surface area contributed by atoms with E-state index in [1.165, 1.54) is 13.2 Å². The molecule has 2 N–H and O–H groups in total. The quantitative estimate of drug-likeness (QED) is 0.886. The molecule has 6 heteroatoms. The van der Waals surface area contributed by atoms with E-state index in [-0.39, 0.29) is 5.82 Å². The Hall–Kier alpha value is -1.53. The van der Waals surface area contributed by atoms with Gasteiger partial charge in [-0.3, -0.25) is 0 Å². The van der Waals surface area contributed by atoms with Gasteiger partial charge in [-0.15, -0.1) is 5.10 Å². The highest BCUT2D eigenvalue weighted by Gasteiger charge is 2.16. The van der Waals surface area contributed by atoms with Crippen LogP contribution in [0.15, 0.2) is 24.4 Å². The van der Waals surface area contributed by atoms with E-state index in [4.69, 9.17) is 10.5 Å². The van der Waals surface area contributed by atoms with Crippen molar-refractivity contribution in [3.63, 3.8) is 0 Å². The van der Waals surface area contributed by atoms with Crippen molar-refractivity contribution >= 4 is 11.5 Å². The lowest BCUT2D eigenvalue weighted by Gasteiger charge is -2.10. The van der Waals surface area contributed by atoms with E-state index in [1.807, 2.05) is 0 Å². The highest BCUT2D eigenvalue weighted by Crippen LogP contribution is 2.26. The molecule has 1 unspecified atom stereocenters.